The number of aromatic hydroxyl groups is 1. The van der Waals surface area contributed by atoms with Crippen LogP contribution in [0.1, 0.15) is 18.5 Å². The lowest BCUT2D eigenvalue weighted by Gasteiger charge is -2.33. The Morgan fingerprint density at radius 3 is 2.18 bits per heavy atom. The summed E-state index contributed by atoms with van der Waals surface area (Å²) in [6, 6.07) is 7.96. The van der Waals surface area contributed by atoms with E-state index >= 15 is 0 Å². The Hall–Kier alpha value is -0.480. The first-order valence-electron chi connectivity index (χ1n) is 5.51. The Morgan fingerprint density at radius 2 is 1.65 bits per heavy atom. The van der Waals surface area contributed by atoms with Gasteiger partial charge in [0.05, 0.1) is 0 Å². The summed E-state index contributed by atoms with van der Waals surface area (Å²) in [5, 5.41) is 12.6. The molecule has 1 aliphatic rings. The lowest BCUT2D eigenvalue weighted by Crippen LogP contribution is -2.44. The molecule has 0 saturated carbocycles. The molecule has 0 radical (unpaired) electrons. The number of halogens is 2. The molecule has 0 spiro atoms. The molecule has 0 aliphatic carbocycles. The van der Waals surface area contributed by atoms with Crippen molar-refractivity contribution >= 4 is 24.8 Å². The zero-order chi connectivity index (χ0) is 10.7. The smallest absolute Gasteiger partial charge is 0.115 e. The summed E-state index contributed by atoms with van der Waals surface area (Å²) >= 11 is 0. The molecule has 2 rings (SSSR count). The molecule has 1 aliphatic heterocycles. The van der Waals surface area contributed by atoms with E-state index in [0.717, 1.165) is 26.2 Å². The van der Waals surface area contributed by atoms with Crippen LogP contribution in [0, 0.1) is 0 Å². The van der Waals surface area contributed by atoms with Crippen LogP contribution in [0.25, 0.3) is 0 Å². The summed E-state index contributed by atoms with van der Waals surface area (Å²) in [6.07, 6.45) is 0. The molecule has 0 bridgehead atoms. The highest BCUT2D eigenvalue weighted by atomic mass is 35.5. The van der Waals surface area contributed by atoms with E-state index in [4.69, 9.17) is 0 Å². The first-order chi connectivity index (χ1) is 7.27. The number of hydrogen-bond acceptors (Lipinski definition) is 3. The van der Waals surface area contributed by atoms with Crippen LogP contribution in [0.15, 0.2) is 24.3 Å². The molecule has 3 nitrogen and oxygen atoms in total. The van der Waals surface area contributed by atoms with Crippen molar-refractivity contribution in [3.63, 3.8) is 0 Å². The minimum Gasteiger partial charge on any atom is -0.508 e. The second kappa shape index (κ2) is 7.77. The molecule has 0 amide bonds. The van der Waals surface area contributed by atoms with Crippen LogP contribution in [0.2, 0.25) is 0 Å². The van der Waals surface area contributed by atoms with Gasteiger partial charge in [0, 0.05) is 32.2 Å². The Balaban J connectivity index is 0.00000128. The highest BCUT2D eigenvalue weighted by Gasteiger charge is 2.17. The number of hydrogen-bond donors (Lipinski definition) is 2. The molecular weight excluding hydrogens is 259 g/mol. The first kappa shape index (κ1) is 16.5. The fourth-order valence-corrected chi connectivity index (χ4v) is 2.03. The fourth-order valence-electron chi connectivity index (χ4n) is 2.03. The van der Waals surface area contributed by atoms with E-state index in [9.17, 15) is 5.11 Å². The third-order valence-electron chi connectivity index (χ3n) is 3.07. The largest absolute Gasteiger partial charge is 0.508 e. The van der Waals surface area contributed by atoms with Crippen molar-refractivity contribution in [3.05, 3.63) is 29.8 Å². The summed E-state index contributed by atoms with van der Waals surface area (Å²) in [5.74, 6) is 0.339. The number of nitrogens with one attached hydrogen (secondary N) is 1. The minimum atomic E-state index is 0. The van der Waals surface area contributed by atoms with E-state index in [2.05, 4.69) is 17.1 Å². The average molecular weight is 279 g/mol. The Bertz CT molecular complexity index is 313. The van der Waals surface area contributed by atoms with Crippen molar-refractivity contribution in [1.82, 2.24) is 10.2 Å². The highest BCUT2D eigenvalue weighted by molar-refractivity contribution is 5.85. The van der Waals surface area contributed by atoms with E-state index in [1.807, 2.05) is 12.1 Å². The van der Waals surface area contributed by atoms with Gasteiger partial charge < -0.3 is 10.4 Å². The van der Waals surface area contributed by atoms with Gasteiger partial charge in [-0.15, -0.1) is 24.8 Å². The van der Waals surface area contributed by atoms with Crippen molar-refractivity contribution in [2.75, 3.05) is 26.2 Å². The van der Waals surface area contributed by atoms with Gasteiger partial charge in [-0.2, -0.15) is 0 Å². The van der Waals surface area contributed by atoms with Crippen molar-refractivity contribution < 1.29 is 5.11 Å². The van der Waals surface area contributed by atoms with Gasteiger partial charge in [0.25, 0.3) is 0 Å². The lowest BCUT2D eigenvalue weighted by atomic mass is 10.1. The van der Waals surface area contributed by atoms with Crippen molar-refractivity contribution in [2.45, 2.75) is 13.0 Å². The second-order valence-electron chi connectivity index (χ2n) is 4.05. The van der Waals surface area contributed by atoms with Gasteiger partial charge in [0.1, 0.15) is 5.75 Å². The molecule has 1 fully saturated rings. The molecule has 1 aromatic carbocycles. The fraction of sp³-hybridized carbons (Fsp3) is 0.500. The SMILES string of the molecule is C[C@@H](c1ccc(O)cc1)N1CCNCC1.Cl.Cl. The first-order valence-corrected chi connectivity index (χ1v) is 5.51. The Labute approximate surface area is 115 Å². The molecule has 0 aromatic heterocycles. The van der Waals surface area contributed by atoms with Gasteiger partial charge in [-0.25, -0.2) is 0 Å². The molecule has 5 heteroatoms. The van der Waals surface area contributed by atoms with Crippen molar-refractivity contribution in [3.8, 4) is 5.75 Å². The number of piperazine rings is 1. The molecule has 1 aromatic rings. The van der Waals surface area contributed by atoms with Crippen LogP contribution in [0.5, 0.6) is 5.75 Å². The van der Waals surface area contributed by atoms with Crippen LogP contribution >= 0.6 is 24.8 Å². The third-order valence-corrected chi connectivity index (χ3v) is 3.07. The van der Waals surface area contributed by atoms with E-state index in [1.54, 1.807) is 12.1 Å². The molecule has 1 heterocycles. The topological polar surface area (TPSA) is 35.5 Å². The van der Waals surface area contributed by atoms with E-state index in [0.29, 0.717) is 11.8 Å². The van der Waals surface area contributed by atoms with E-state index in [-0.39, 0.29) is 24.8 Å². The zero-order valence-electron chi connectivity index (χ0n) is 9.93. The van der Waals surface area contributed by atoms with Crippen LogP contribution in [-0.2, 0) is 0 Å². The summed E-state index contributed by atoms with van der Waals surface area (Å²) < 4.78 is 0. The number of phenols is 1. The number of phenolic OH excluding ortho intramolecular Hbond substituents is 1. The number of rotatable bonds is 2. The normalized spacial score (nSPS) is 17.7. The summed E-state index contributed by atoms with van der Waals surface area (Å²) in [6.45, 7) is 6.56. The second-order valence-corrected chi connectivity index (χ2v) is 4.05. The minimum absolute atomic E-state index is 0. The lowest BCUT2D eigenvalue weighted by molar-refractivity contribution is 0.185. The quantitative estimate of drug-likeness (QED) is 0.871. The predicted octanol–water partition coefficient (Wildman–Crippen LogP) is 2.20. The Morgan fingerprint density at radius 1 is 1.12 bits per heavy atom. The maximum Gasteiger partial charge on any atom is 0.115 e. The predicted molar refractivity (Wildman–Crippen MR) is 75.5 cm³/mol. The standard InChI is InChI=1S/C12H18N2O.2ClH/c1-10(14-8-6-13-7-9-14)11-2-4-12(15)5-3-11;;/h2-5,10,13,15H,6-9H2,1H3;2*1H/t10-;;/m0../s1. The molecular formula is C12H20Cl2N2O. The summed E-state index contributed by atoms with van der Waals surface area (Å²) in [4.78, 5) is 2.46. The van der Waals surface area contributed by atoms with Gasteiger partial charge in [-0.3, -0.25) is 4.90 Å². The van der Waals surface area contributed by atoms with Crippen molar-refractivity contribution in [2.24, 2.45) is 0 Å². The third kappa shape index (κ3) is 4.36. The molecule has 98 valence electrons. The highest BCUT2D eigenvalue weighted by Crippen LogP contribution is 2.22. The Kier molecular flexibility index (Phi) is 7.55. The van der Waals surface area contributed by atoms with Crippen LogP contribution in [0.3, 0.4) is 0 Å². The zero-order valence-corrected chi connectivity index (χ0v) is 11.6. The summed E-state index contributed by atoms with van der Waals surface area (Å²) in [7, 11) is 0. The molecule has 17 heavy (non-hydrogen) atoms. The molecule has 2 N–H and O–H groups in total. The van der Waals surface area contributed by atoms with Crippen LogP contribution in [-0.4, -0.2) is 36.2 Å². The van der Waals surface area contributed by atoms with Gasteiger partial charge in [0.15, 0.2) is 0 Å². The summed E-state index contributed by atoms with van der Waals surface area (Å²) in [5.41, 5.74) is 1.27. The maximum atomic E-state index is 9.23. The van der Waals surface area contributed by atoms with Gasteiger partial charge in [-0.05, 0) is 24.6 Å². The monoisotopic (exact) mass is 278 g/mol. The van der Waals surface area contributed by atoms with Gasteiger partial charge >= 0.3 is 0 Å². The number of benzene rings is 1. The van der Waals surface area contributed by atoms with Crippen molar-refractivity contribution in [1.29, 1.82) is 0 Å². The maximum absolute atomic E-state index is 9.23. The molecule has 1 atom stereocenters. The molecule has 0 unspecified atom stereocenters. The van der Waals surface area contributed by atoms with Crippen LogP contribution in [0.4, 0.5) is 0 Å². The average Bonchev–Trinajstić information content (AvgIpc) is 2.30. The van der Waals surface area contributed by atoms with Gasteiger partial charge in [-0.1, -0.05) is 12.1 Å². The van der Waals surface area contributed by atoms with Gasteiger partial charge in [0.2, 0.25) is 0 Å². The number of nitrogens with zero attached hydrogens (tertiary/aromatic N) is 1. The molecule has 1 saturated heterocycles. The van der Waals surface area contributed by atoms with E-state index in [1.165, 1.54) is 5.56 Å². The van der Waals surface area contributed by atoms with E-state index < -0.39 is 0 Å². The van der Waals surface area contributed by atoms with Crippen LogP contribution < -0.4 is 5.32 Å².